The van der Waals surface area contributed by atoms with Crippen molar-refractivity contribution in [2.24, 2.45) is 45.9 Å². The number of aliphatic hydroxyl groups excluding tert-OH is 1. The molecule has 0 aliphatic heterocycles. The van der Waals surface area contributed by atoms with Crippen molar-refractivity contribution in [2.45, 2.75) is 73.1 Å². The van der Waals surface area contributed by atoms with E-state index in [0.717, 1.165) is 24.3 Å². The maximum absolute atomic E-state index is 15.3. The molecule has 0 radical (unpaired) electrons. The third-order valence-corrected chi connectivity index (χ3v) is 9.26. The molecule has 0 aliphatic carbocycles. The van der Waals surface area contributed by atoms with Gasteiger partial charge in [-0.1, -0.05) is 24.3 Å². The summed E-state index contributed by atoms with van der Waals surface area (Å²) in [6.45, 7) is -1.45. The second-order valence-electron chi connectivity index (χ2n) is 13.3. The summed E-state index contributed by atoms with van der Waals surface area (Å²) >= 11 is 3.89. The van der Waals surface area contributed by atoms with E-state index in [4.69, 9.17) is 50.6 Å². The number of ether oxygens (including phenoxy) is 1. The number of nitrogens with two attached hydrogens (primary N) is 8. The first-order valence-electron chi connectivity index (χ1n) is 17.3. The summed E-state index contributed by atoms with van der Waals surface area (Å²) in [5, 5.41) is 41.1. The molecule has 8 unspecified atom stereocenters. The number of ketones is 3. The minimum absolute atomic E-state index is 0.0384. The van der Waals surface area contributed by atoms with Gasteiger partial charge < -0.3 is 71.0 Å². The summed E-state index contributed by atoms with van der Waals surface area (Å²) in [6.07, 6.45) is -4.06. The van der Waals surface area contributed by atoms with Crippen molar-refractivity contribution in [3.05, 3.63) is 59.7 Å². The number of thiol groups is 1. The highest BCUT2D eigenvalue weighted by atomic mass is 32.1. The molecule has 322 valence electrons. The zero-order valence-corrected chi connectivity index (χ0v) is 32.1. The van der Waals surface area contributed by atoms with Crippen LogP contribution in [0.5, 0.6) is 11.5 Å². The number of Topliss-reactive ketones (excluding diaryl/α,β-unsaturated/α-hetero) is 3. The Morgan fingerprint density at radius 1 is 0.610 bits per heavy atom. The molecule has 0 heterocycles. The van der Waals surface area contributed by atoms with Gasteiger partial charge in [0.25, 0.3) is 11.1 Å². The zero-order valence-electron chi connectivity index (χ0n) is 31.2. The van der Waals surface area contributed by atoms with Crippen LogP contribution in [-0.2, 0) is 60.7 Å². The average Bonchev–Trinajstić information content (AvgIpc) is 3.17. The minimum Gasteiger partial charge on any atom is -0.508 e. The fourth-order valence-electron chi connectivity index (χ4n) is 5.96. The number of aliphatic carboxylic acids is 1. The van der Waals surface area contributed by atoms with Crippen molar-refractivity contribution in [2.75, 3.05) is 12.4 Å². The lowest BCUT2D eigenvalue weighted by atomic mass is 9.64. The molecule has 23 nitrogen and oxygen atoms in total. The van der Waals surface area contributed by atoms with Crippen molar-refractivity contribution >= 4 is 65.5 Å². The molecular weight excluding hydrogens is 803 g/mol. The number of imide groups is 1. The zero-order chi connectivity index (χ0) is 45.2. The fourth-order valence-corrected chi connectivity index (χ4v) is 6.11. The van der Waals surface area contributed by atoms with Crippen molar-refractivity contribution in [1.29, 1.82) is 0 Å². The summed E-state index contributed by atoms with van der Waals surface area (Å²) in [7, 11) is 0. The molecule has 0 spiro atoms. The van der Waals surface area contributed by atoms with E-state index < -0.39 is 143 Å². The molecule has 0 fully saturated rings. The number of benzene rings is 2. The van der Waals surface area contributed by atoms with E-state index in [-0.39, 0.29) is 22.6 Å². The van der Waals surface area contributed by atoms with E-state index in [9.17, 15) is 49.2 Å². The van der Waals surface area contributed by atoms with Gasteiger partial charge >= 0.3 is 11.9 Å². The third kappa shape index (κ3) is 10.8. The highest BCUT2D eigenvalue weighted by molar-refractivity contribution is 7.80. The van der Waals surface area contributed by atoms with Gasteiger partial charge in [0.05, 0.1) is 37.2 Å². The summed E-state index contributed by atoms with van der Waals surface area (Å²) in [5.41, 5.74) is 37.7. The van der Waals surface area contributed by atoms with Crippen LogP contribution < -0.4 is 45.9 Å². The standard InChI is InChI=1S/C35H47N9O14S/c36-19(9-15-1-5-17(46)6-2-15)27(50)34(33(56)57,44(31(54)23(40)13-45)30(53)22(39)12-26(43)49)35(58-32(55)24(41)14-59,29(52)21(38)11-25(42)48)28(51)20(37)10-16-3-7-18(47)8-4-16/h1-8,19-24,45-47,59H,9-14,36-41H2,(H2,42,48)(H2,43,49)(H,56,57). The summed E-state index contributed by atoms with van der Waals surface area (Å²) < 4.78 is 5.48. The number of esters is 1. The normalized spacial score (nSPS) is 16.3. The third-order valence-electron chi connectivity index (χ3n) is 8.87. The number of hydrogen-bond donors (Lipinski definition) is 13. The van der Waals surface area contributed by atoms with Crippen LogP contribution in [0, 0.1) is 0 Å². The molecule has 0 bridgehead atoms. The van der Waals surface area contributed by atoms with Crippen molar-refractivity contribution in [3.63, 3.8) is 0 Å². The number of hydrogen-bond acceptors (Lipinski definition) is 20. The SMILES string of the molecule is NC(=O)CC(N)C(=O)N(C(=O)C(N)CO)C(C(=O)O)(C(=O)C(N)Cc1ccc(O)cc1)C(OC(=O)C(N)CS)(C(=O)C(N)CC(N)=O)C(=O)C(N)Cc1ccc(O)cc1. The minimum atomic E-state index is -4.68. The second-order valence-corrected chi connectivity index (χ2v) is 13.7. The van der Waals surface area contributed by atoms with Crippen LogP contribution in [0.1, 0.15) is 24.0 Å². The van der Waals surface area contributed by atoms with Gasteiger partial charge in [-0.3, -0.25) is 43.3 Å². The number of rotatable bonds is 23. The van der Waals surface area contributed by atoms with Crippen LogP contribution in [0.3, 0.4) is 0 Å². The highest BCUT2D eigenvalue weighted by Gasteiger charge is 2.79. The number of amides is 4. The molecule has 24 heteroatoms. The lowest BCUT2D eigenvalue weighted by Gasteiger charge is -2.50. The Labute approximate surface area is 340 Å². The lowest BCUT2D eigenvalue weighted by molar-refractivity contribution is -0.206. The topological polar surface area (TPSA) is 455 Å². The Morgan fingerprint density at radius 3 is 1.39 bits per heavy atom. The number of primary amides is 2. The number of phenols is 2. The van der Waals surface area contributed by atoms with Gasteiger partial charge in [-0.05, 0) is 48.2 Å². The molecule has 2 rings (SSSR count). The number of nitrogens with zero attached hydrogens (tertiary/aromatic N) is 1. The molecule has 2 aromatic carbocycles. The Hall–Kier alpha value is -5.86. The van der Waals surface area contributed by atoms with Gasteiger partial charge in [0.1, 0.15) is 23.6 Å². The van der Waals surface area contributed by atoms with E-state index in [2.05, 4.69) is 12.6 Å². The molecular formula is C35H47N9O14S. The molecule has 0 saturated carbocycles. The number of carbonyl (C=O) groups is 9. The first kappa shape index (κ1) is 49.3. The molecule has 20 N–H and O–H groups in total. The smallest absolute Gasteiger partial charge is 0.343 e. The molecule has 8 atom stereocenters. The van der Waals surface area contributed by atoms with E-state index in [1.807, 2.05) is 0 Å². The molecule has 0 aliphatic rings. The maximum Gasteiger partial charge on any atom is 0.343 e. The van der Waals surface area contributed by atoms with E-state index in [1.54, 1.807) is 0 Å². The van der Waals surface area contributed by atoms with Gasteiger partial charge in [0, 0.05) is 12.2 Å². The molecule has 2 aromatic rings. The van der Waals surface area contributed by atoms with Gasteiger partial charge in [0.15, 0.2) is 5.78 Å². The van der Waals surface area contributed by atoms with Crippen LogP contribution in [0.15, 0.2) is 48.5 Å². The predicted octanol–water partition coefficient (Wildman–Crippen LogP) is -6.31. The number of aliphatic hydroxyl groups is 1. The van der Waals surface area contributed by atoms with Crippen LogP contribution in [-0.4, -0.2) is 138 Å². The summed E-state index contributed by atoms with van der Waals surface area (Å²) in [5.74, 6) is -19.4. The molecule has 0 saturated heterocycles. The predicted molar refractivity (Wildman–Crippen MR) is 206 cm³/mol. The Balaban J connectivity index is 3.48. The van der Waals surface area contributed by atoms with Gasteiger partial charge in [-0.15, -0.1) is 0 Å². The Kier molecular flexibility index (Phi) is 17.3. The van der Waals surface area contributed by atoms with Gasteiger partial charge in [-0.25, -0.2) is 4.79 Å². The highest BCUT2D eigenvalue weighted by Crippen LogP contribution is 2.41. The fraction of sp³-hybridized carbons (Fsp3) is 0.400. The van der Waals surface area contributed by atoms with E-state index in [1.165, 1.54) is 24.3 Å². The summed E-state index contributed by atoms with van der Waals surface area (Å²) in [6, 6.07) is -4.83. The van der Waals surface area contributed by atoms with E-state index in [0.29, 0.717) is 0 Å². The van der Waals surface area contributed by atoms with Crippen molar-refractivity contribution < 1.29 is 68.3 Å². The Bertz CT molecular complexity index is 1940. The van der Waals surface area contributed by atoms with Crippen LogP contribution in [0.2, 0.25) is 0 Å². The first-order chi connectivity index (χ1) is 27.4. The quantitative estimate of drug-likeness (QED) is 0.0281. The Morgan fingerprint density at radius 2 is 1.00 bits per heavy atom. The second kappa shape index (κ2) is 20.7. The van der Waals surface area contributed by atoms with Crippen molar-refractivity contribution in [3.8, 4) is 11.5 Å². The number of carbonyl (C=O) groups excluding carboxylic acids is 8. The lowest BCUT2D eigenvalue weighted by Crippen LogP contribution is -2.86. The van der Waals surface area contributed by atoms with Gasteiger partial charge in [0.2, 0.25) is 35.2 Å². The monoisotopic (exact) mass is 849 g/mol. The summed E-state index contributed by atoms with van der Waals surface area (Å²) in [4.78, 5) is 126. The number of phenolic OH excluding ortho intramolecular Hbond substituents is 2. The first-order valence-corrected chi connectivity index (χ1v) is 17.9. The number of carboxylic acids is 1. The van der Waals surface area contributed by atoms with Crippen molar-refractivity contribution in [1.82, 2.24) is 4.90 Å². The van der Waals surface area contributed by atoms with Gasteiger partial charge in [-0.2, -0.15) is 12.6 Å². The molecule has 0 aromatic heterocycles. The average molecular weight is 850 g/mol. The van der Waals surface area contributed by atoms with Crippen LogP contribution in [0.4, 0.5) is 0 Å². The van der Waals surface area contributed by atoms with E-state index >= 15 is 14.4 Å². The number of aromatic hydroxyl groups is 2. The molecule has 59 heavy (non-hydrogen) atoms. The maximum atomic E-state index is 15.3. The number of carboxylic acid groups (broad SMARTS) is 1. The van der Waals surface area contributed by atoms with Crippen LogP contribution >= 0.6 is 12.6 Å². The van der Waals surface area contributed by atoms with Crippen LogP contribution in [0.25, 0.3) is 0 Å². The largest absolute Gasteiger partial charge is 0.508 e. The molecule has 4 amide bonds.